The van der Waals surface area contributed by atoms with E-state index >= 15 is 0 Å². The number of carbonyl (C=O) groups excluding carboxylic acids is 1. The third kappa shape index (κ3) is 4.07. The molecule has 1 heterocycles. The number of aromatic nitrogens is 2. The van der Waals surface area contributed by atoms with Gasteiger partial charge in [-0.3, -0.25) is 9.59 Å². The van der Waals surface area contributed by atoms with Crippen molar-refractivity contribution in [3.8, 4) is 0 Å². The van der Waals surface area contributed by atoms with Crippen LogP contribution in [-0.2, 0) is 17.4 Å². The smallest absolute Gasteiger partial charge is 0.349 e. The highest BCUT2D eigenvalue weighted by molar-refractivity contribution is 5.75. The van der Waals surface area contributed by atoms with Crippen molar-refractivity contribution in [3.63, 3.8) is 0 Å². The first-order valence-corrected chi connectivity index (χ1v) is 6.00. The summed E-state index contributed by atoms with van der Waals surface area (Å²) in [5, 5.41) is 0. The van der Waals surface area contributed by atoms with Gasteiger partial charge >= 0.3 is 6.18 Å². The second kappa shape index (κ2) is 6.06. The maximum absolute atomic E-state index is 12.4. The fourth-order valence-corrected chi connectivity index (χ4v) is 1.68. The van der Waals surface area contributed by atoms with E-state index in [9.17, 15) is 22.8 Å². The van der Waals surface area contributed by atoms with Gasteiger partial charge in [0.2, 0.25) is 11.7 Å². The Kier molecular flexibility index (Phi) is 4.91. The normalized spacial score (nSPS) is 11.5. The molecule has 1 amide bonds. The van der Waals surface area contributed by atoms with Crippen molar-refractivity contribution >= 4 is 5.91 Å². The zero-order valence-corrected chi connectivity index (χ0v) is 11.5. The molecule has 1 N–H and O–H groups in total. The summed E-state index contributed by atoms with van der Waals surface area (Å²) in [7, 11) is 3.22. The number of halogens is 3. The Morgan fingerprint density at radius 1 is 1.35 bits per heavy atom. The van der Waals surface area contributed by atoms with E-state index in [4.69, 9.17) is 0 Å². The Hall–Kier alpha value is -1.86. The zero-order valence-electron chi connectivity index (χ0n) is 11.5. The molecular weight excluding hydrogens is 275 g/mol. The molecule has 0 unspecified atom stereocenters. The minimum atomic E-state index is -4.68. The van der Waals surface area contributed by atoms with E-state index in [1.54, 1.807) is 19.1 Å². The molecule has 0 atom stereocenters. The Morgan fingerprint density at radius 2 is 1.95 bits per heavy atom. The van der Waals surface area contributed by atoms with Crippen LogP contribution in [0.2, 0.25) is 0 Å². The molecule has 0 bridgehead atoms. The van der Waals surface area contributed by atoms with Gasteiger partial charge in [-0.05, 0) is 19.8 Å². The van der Waals surface area contributed by atoms with Crippen LogP contribution >= 0.6 is 0 Å². The SMILES string of the molecule is Cc1nc(C(F)(F)F)[nH]c(=O)c1CCCC(=O)N(C)C. The first-order chi connectivity index (χ1) is 9.12. The standard InChI is InChI=1S/C12H16F3N3O2/c1-7-8(5-4-6-9(19)18(2)3)10(20)17-11(16-7)12(13,14)15/h4-6H2,1-3H3,(H,16,17,20). The molecule has 0 saturated carbocycles. The van der Waals surface area contributed by atoms with Crippen molar-refractivity contribution in [3.05, 3.63) is 27.4 Å². The lowest BCUT2D eigenvalue weighted by atomic mass is 10.1. The molecule has 0 aromatic carbocycles. The van der Waals surface area contributed by atoms with Crippen LogP contribution in [0.25, 0.3) is 0 Å². The largest absolute Gasteiger partial charge is 0.449 e. The second-order valence-electron chi connectivity index (χ2n) is 4.62. The Bertz CT molecular complexity index is 550. The van der Waals surface area contributed by atoms with Crippen LogP contribution in [0.3, 0.4) is 0 Å². The van der Waals surface area contributed by atoms with E-state index in [1.165, 1.54) is 11.8 Å². The Balaban J connectivity index is 2.83. The first-order valence-electron chi connectivity index (χ1n) is 6.00. The molecule has 1 aromatic heterocycles. The van der Waals surface area contributed by atoms with Gasteiger partial charge in [-0.15, -0.1) is 0 Å². The van der Waals surface area contributed by atoms with Crippen molar-refractivity contribution in [2.75, 3.05) is 14.1 Å². The Labute approximate surface area is 113 Å². The number of carbonyl (C=O) groups is 1. The zero-order chi connectivity index (χ0) is 15.5. The predicted octanol–water partition coefficient (Wildman–Crippen LogP) is 1.51. The second-order valence-corrected chi connectivity index (χ2v) is 4.62. The predicted molar refractivity (Wildman–Crippen MR) is 66.2 cm³/mol. The van der Waals surface area contributed by atoms with Gasteiger partial charge in [0.05, 0.1) is 0 Å². The molecular formula is C12H16F3N3O2. The van der Waals surface area contributed by atoms with Gasteiger partial charge in [0, 0.05) is 31.8 Å². The van der Waals surface area contributed by atoms with Crippen LogP contribution in [0.4, 0.5) is 13.2 Å². The fraction of sp³-hybridized carbons (Fsp3) is 0.583. The highest BCUT2D eigenvalue weighted by Gasteiger charge is 2.34. The Morgan fingerprint density at radius 3 is 2.40 bits per heavy atom. The lowest BCUT2D eigenvalue weighted by molar-refractivity contribution is -0.145. The van der Waals surface area contributed by atoms with Crippen molar-refractivity contribution in [2.24, 2.45) is 0 Å². The molecule has 20 heavy (non-hydrogen) atoms. The molecule has 1 aromatic rings. The van der Waals surface area contributed by atoms with Gasteiger partial charge in [-0.1, -0.05) is 0 Å². The van der Waals surface area contributed by atoms with Gasteiger partial charge in [-0.25, -0.2) is 4.98 Å². The van der Waals surface area contributed by atoms with Crippen molar-refractivity contribution in [2.45, 2.75) is 32.4 Å². The summed E-state index contributed by atoms with van der Waals surface area (Å²) in [5.41, 5.74) is -0.579. The quantitative estimate of drug-likeness (QED) is 0.914. The van der Waals surface area contributed by atoms with Crippen LogP contribution in [0.15, 0.2) is 4.79 Å². The van der Waals surface area contributed by atoms with Crippen LogP contribution in [0, 0.1) is 6.92 Å². The number of aromatic amines is 1. The van der Waals surface area contributed by atoms with Crippen LogP contribution in [0.1, 0.15) is 29.9 Å². The lowest BCUT2D eigenvalue weighted by Crippen LogP contribution is -2.24. The number of alkyl halides is 3. The highest BCUT2D eigenvalue weighted by Crippen LogP contribution is 2.25. The molecule has 0 aliphatic rings. The lowest BCUT2D eigenvalue weighted by Gasteiger charge is -2.11. The molecule has 8 heteroatoms. The summed E-state index contributed by atoms with van der Waals surface area (Å²) in [6, 6.07) is 0. The summed E-state index contributed by atoms with van der Waals surface area (Å²) in [6.07, 6.45) is -3.85. The average Bonchev–Trinajstić information content (AvgIpc) is 2.30. The third-order valence-corrected chi connectivity index (χ3v) is 2.81. The minimum Gasteiger partial charge on any atom is -0.349 e. The maximum atomic E-state index is 12.4. The van der Waals surface area contributed by atoms with Gasteiger partial charge in [0.25, 0.3) is 5.56 Å². The monoisotopic (exact) mass is 291 g/mol. The number of nitrogens with one attached hydrogen (secondary N) is 1. The van der Waals surface area contributed by atoms with E-state index in [-0.39, 0.29) is 30.0 Å². The number of H-pyrrole nitrogens is 1. The molecule has 0 radical (unpaired) electrons. The third-order valence-electron chi connectivity index (χ3n) is 2.81. The minimum absolute atomic E-state index is 0.0402. The fourth-order valence-electron chi connectivity index (χ4n) is 1.68. The van der Waals surface area contributed by atoms with E-state index in [0.29, 0.717) is 6.42 Å². The number of aryl methyl sites for hydroxylation is 1. The number of rotatable bonds is 4. The van der Waals surface area contributed by atoms with Gasteiger partial charge < -0.3 is 9.88 Å². The molecule has 112 valence electrons. The van der Waals surface area contributed by atoms with E-state index in [0.717, 1.165) is 0 Å². The van der Waals surface area contributed by atoms with Gasteiger partial charge in [0.1, 0.15) is 0 Å². The van der Waals surface area contributed by atoms with E-state index in [2.05, 4.69) is 4.98 Å². The van der Waals surface area contributed by atoms with Gasteiger partial charge in [0.15, 0.2) is 0 Å². The van der Waals surface area contributed by atoms with Crippen LogP contribution in [0.5, 0.6) is 0 Å². The summed E-state index contributed by atoms with van der Waals surface area (Å²) in [5.74, 6) is -1.40. The first kappa shape index (κ1) is 16.2. The number of nitrogens with zero attached hydrogens (tertiary/aromatic N) is 2. The molecule has 0 spiro atoms. The average molecular weight is 291 g/mol. The summed E-state index contributed by atoms with van der Waals surface area (Å²) in [6.45, 7) is 1.35. The van der Waals surface area contributed by atoms with Crippen LogP contribution in [-0.4, -0.2) is 34.9 Å². The summed E-state index contributed by atoms with van der Waals surface area (Å²) in [4.78, 5) is 29.5. The highest BCUT2D eigenvalue weighted by atomic mass is 19.4. The molecule has 0 fully saturated rings. The van der Waals surface area contributed by atoms with Crippen LogP contribution < -0.4 is 5.56 Å². The molecule has 0 aliphatic carbocycles. The van der Waals surface area contributed by atoms with E-state index in [1.807, 2.05) is 0 Å². The van der Waals surface area contributed by atoms with Crippen molar-refractivity contribution in [1.82, 2.24) is 14.9 Å². The number of hydrogen-bond donors (Lipinski definition) is 1. The number of amides is 1. The molecule has 1 rings (SSSR count). The number of hydrogen-bond acceptors (Lipinski definition) is 3. The summed E-state index contributed by atoms with van der Waals surface area (Å²) < 4.78 is 37.3. The van der Waals surface area contributed by atoms with Crippen molar-refractivity contribution < 1.29 is 18.0 Å². The van der Waals surface area contributed by atoms with Gasteiger partial charge in [-0.2, -0.15) is 13.2 Å². The maximum Gasteiger partial charge on any atom is 0.449 e. The van der Waals surface area contributed by atoms with Crippen molar-refractivity contribution in [1.29, 1.82) is 0 Å². The molecule has 0 aliphatic heterocycles. The molecule has 0 saturated heterocycles. The molecule has 5 nitrogen and oxygen atoms in total. The topological polar surface area (TPSA) is 66.1 Å². The summed E-state index contributed by atoms with van der Waals surface area (Å²) >= 11 is 0. The van der Waals surface area contributed by atoms with E-state index < -0.39 is 17.6 Å².